The van der Waals surface area contributed by atoms with Gasteiger partial charge < -0.3 is 0 Å². The van der Waals surface area contributed by atoms with Crippen molar-refractivity contribution in [2.45, 2.75) is 19.3 Å². The largest absolute Gasteiger partial charge is 0.295 e. The minimum absolute atomic E-state index is 0.109. The number of nitro groups is 1. The molecule has 5 nitrogen and oxygen atoms in total. The molecule has 1 unspecified atom stereocenters. The van der Waals surface area contributed by atoms with Crippen molar-refractivity contribution in [3.63, 3.8) is 0 Å². The summed E-state index contributed by atoms with van der Waals surface area (Å²) in [5, 5.41) is 20.7. The third kappa shape index (κ3) is 4.61. The molecule has 2 aromatic rings. The van der Waals surface area contributed by atoms with Crippen LogP contribution in [-0.2, 0) is 4.79 Å². The molecule has 2 rings (SSSR count). The number of nitro benzene ring substituents is 1. The van der Waals surface area contributed by atoms with Gasteiger partial charge in [-0.25, -0.2) is 0 Å². The number of carbonyl (C=O) groups excluding carboxylic acids is 1. The molecule has 0 spiro atoms. The van der Waals surface area contributed by atoms with E-state index >= 15 is 0 Å². The molecule has 0 aliphatic carbocycles. The molecule has 1 atom stereocenters. The normalized spacial score (nSPS) is 12.3. The van der Waals surface area contributed by atoms with Crippen LogP contribution < -0.4 is 0 Å². The second-order valence-electron chi connectivity index (χ2n) is 5.45. The number of nitriles is 1. The maximum atomic E-state index is 12.0. The number of carbonyl (C=O) groups is 1. The fraction of sp³-hybridized carbons (Fsp3) is 0.158. The lowest BCUT2D eigenvalue weighted by Gasteiger charge is -2.12. The highest BCUT2D eigenvalue weighted by Crippen LogP contribution is 2.32. The summed E-state index contributed by atoms with van der Waals surface area (Å²) < 4.78 is 0.827. The quantitative estimate of drug-likeness (QED) is 0.388. The number of Topliss-reactive ketones (excluding diaryl/α,β-unsaturated/α-hetero) is 1. The van der Waals surface area contributed by atoms with Crippen molar-refractivity contribution in [2.75, 3.05) is 0 Å². The third-order valence-electron chi connectivity index (χ3n) is 3.78. The monoisotopic (exact) mass is 398 g/mol. The van der Waals surface area contributed by atoms with Crippen molar-refractivity contribution in [2.24, 2.45) is 0 Å². The summed E-state index contributed by atoms with van der Waals surface area (Å²) in [7, 11) is 0. The maximum absolute atomic E-state index is 12.0. The average molecular weight is 399 g/mol. The van der Waals surface area contributed by atoms with Crippen LogP contribution in [-0.4, -0.2) is 10.7 Å². The number of nitrogens with zero attached hydrogens (tertiary/aromatic N) is 2. The van der Waals surface area contributed by atoms with Crippen LogP contribution in [0.2, 0.25) is 0 Å². The summed E-state index contributed by atoms with van der Waals surface area (Å²) in [5.74, 6) is -0.950. The van der Waals surface area contributed by atoms with Crippen molar-refractivity contribution >= 4 is 33.5 Å². The molecular weight excluding hydrogens is 384 g/mol. The number of ketones is 1. The van der Waals surface area contributed by atoms with Gasteiger partial charge >= 0.3 is 0 Å². The summed E-state index contributed by atoms with van der Waals surface area (Å²) in [6.45, 7) is 1.43. The Morgan fingerprint density at radius 2 is 1.92 bits per heavy atom. The molecule has 0 aliphatic rings. The predicted molar refractivity (Wildman–Crippen MR) is 98.9 cm³/mol. The fourth-order valence-corrected chi connectivity index (χ4v) is 2.88. The minimum Gasteiger partial charge on any atom is -0.295 e. The molecule has 0 radical (unpaired) electrons. The highest BCUT2D eigenvalue weighted by molar-refractivity contribution is 9.10. The van der Waals surface area contributed by atoms with E-state index in [2.05, 4.69) is 22.0 Å². The Kier molecular flexibility index (Phi) is 6.20. The van der Waals surface area contributed by atoms with Gasteiger partial charge in [0.2, 0.25) is 0 Å². The van der Waals surface area contributed by atoms with Crippen LogP contribution in [0.1, 0.15) is 30.4 Å². The molecule has 0 saturated carbocycles. The summed E-state index contributed by atoms with van der Waals surface area (Å²) >= 11 is 3.42. The maximum Gasteiger partial charge on any atom is 0.273 e. The first kappa shape index (κ1) is 18.6. The summed E-state index contributed by atoms with van der Waals surface area (Å²) in [6, 6.07) is 15.6. The van der Waals surface area contributed by atoms with Crippen LogP contribution in [0.4, 0.5) is 5.69 Å². The van der Waals surface area contributed by atoms with Crippen molar-refractivity contribution in [3.8, 4) is 6.07 Å². The highest BCUT2D eigenvalue weighted by Gasteiger charge is 2.23. The lowest BCUT2D eigenvalue weighted by atomic mass is 9.90. The summed E-state index contributed by atoms with van der Waals surface area (Å²) in [6.07, 6.45) is 1.82. The van der Waals surface area contributed by atoms with Crippen LogP contribution in [0, 0.1) is 21.4 Å². The predicted octanol–water partition coefficient (Wildman–Crippen LogP) is 5.03. The van der Waals surface area contributed by atoms with Gasteiger partial charge in [-0.15, -0.1) is 0 Å². The van der Waals surface area contributed by atoms with Gasteiger partial charge in [0.05, 0.1) is 16.9 Å². The molecule has 0 saturated heterocycles. The van der Waals surface area contributed by atoms with E-state index in [9.17, 15) is 20.2 Å². The molecule has 0 amide bonds. The Bertz CT molecular complexity index is 884. The Morgan fingerprint density at radius 1 is 1.28 bits per heavy atom. The topological polar surface area (TPSA) is 84.0 Å². The van der Waals surface area contributed by atoms with Gasteiger partial charge in [-0.3, -0.25) is 14.9 Å². The number of hydrogen-bond donors (Lipinski definition) is 0. The molecule has 0 bridgehead atoms. The zero-order valence-electron chi connectivity index (χ0n) is 13.5. The van der Waals surface area contributed by atoms with Crippen LogP contribution in [0.3, 0.4) is 0 Å². The molecule has 6 heteroatoms. The molecule has 0 N–H and O–H groups in total. The number of rotatable bonds is 6. The second-order valence-corrected chi connectivity index (χ2v) is 6.30. The zero-order valence-corrected chi connectivity index (χ0v) is 15.1. The van der Waals surface area contributed by atoms with Gasteiger partial charge in [-0.1, -0.05) is 52.3 Å². The number of benzene rings is 2. The van der Waals surface area contributed by atoms with E-state index in [0.29, 0.717) is 11.1 Å². The number of halogens is 1. The van der Waals surface area contributed by atoms with E-state index in [-0.39, 0.29) is 17.9 Å². The van der Waals surface area contributed by atoms with E-state index in [1.807, 2.05) is 24.3 Å². The van der Waals surface area contributed by atoms with E-state index in [1.165, 1.54) is 13.0 Å². The van der Waals surface area contributed by atoms with Gasteiger partial charge in [-0.2, -0.15) is 5.26 Å². The standard InChI is InChI=1S/C19H15BrN2O3/c1-13(23)15(10-14-6-2-4-8-18(14)20)11-16(12-21)17-7-3-5-9-19(17)22(24)25/h2-10,16H,11H2,1H3/b15-10+. The summed E-state index contributed by atoms with van der Waals surface area (Å²) in [4.78, 5) is 22.7. The minimum atomic E-state index is -0.778. The first-order valence-corrected chi connectivity index (χ1v) is 8.32. The number of para-hydroxylation sites is 1. The Hall–Kier alpha value is -2.78. The molecule has 0 fully saturated rings. The molecule has 2 aromatic carbocycles. The van der Waals surface area contributed by atoms with Crippen molar-refractivity contribution in [3.05, 3.63) is 79.8 Å². The number of allylic oxidation sites excluding steroid dienone is 1. The Morgan fingerprint density at radius 3 is 2.52 bits per heavy atom. The number of hydrogen-bond acceptors (Lipinski definition) is 4. The van der Waals surface area contributed by atoms with Crippen LogP contribution in [0.15, 0.2) is 58.6 Å². The van der Waals surface area contributed by atoms with Gasteiger partial charge in [0, 0.05) is 16.1 Å². The van der Waals surface area contributed by atoms with Crippen LogP contribution >= 0.6 is 15.9 Å². The van der Waals surface area contributed by atoms with Gasteiger partial charge in [0.1, 0.15) is 0 Å². The molecule has 126 valence electrons. The van der Waals surface area contributed by atoms with Gasteiger partial charge in [0.15, 0.2) is 5.78 Å². The third-order valence-corrected chi connectivity index (χ3v) is 4.50. The summed E-state index contributed by atoms with van der Waals surface area (Å²) in [5.41, 5.74) is 1.45. The van der Waals surface area contributed by atoms with Gasteiger partial charge in [-0.05, 0) is 36.6 Å². The van der Waals surface area contributed by atoms with Gasteiger partial charge in [0.25, 0.3) is 5.69 Å². The van der Waals surface area contributed by atoms with E-state index in [1.54, 1.807) is 24.3 Å². The van der Waals surface area contributed by atoms with Crippen molar-refractivity contribution < 1.29 is 9.72 Å². The molecule has 0 aromatic heterocycles. The Labute approximate surface area is 153 Å². The highest BCUT2D eigenvalue weighted by atomic mass is 79.9. The van der Waals surface area contributed by atoms with E-state index in [0.717, 1.165) is 10.0 Å². The fourth-order valence-electron chi connectivity index (χ4n) is 2.48. The lowest BCUT2D eigenvalue weighted by Crippen LogP contribution is -2.06. The second kappa shape index (κ2) is 8.36. The van der Waals surface area contributed by atoms with Crippen LogP contribution in [0.5, 0.6) is 0 Å². The molecule has 25 heavy (non-hydrogen) atoms. The molecule has 0 aliphatic heterocycles. The Balaban J connectivity index is 2.42. The SMILES string of the molecule is CC(=O)/C(=C/c1ccccc1Br)CC(C#N)c1ccccc1[N+](=O)[O-]. The lowest BCUT2D eigenvalue weighted by molar-refractivity contribution is -0.385. The van der Waals surface area contributed by atoms with Crippen molar-refractivity contribution in [1.82, 2.24) is 0 Å². The first-order chi connectivity index (χ1) is 11.9. The van der Waals surface area contributed by atoms with Crippen LogP contribution in [0.25, 0.3) is 6.08 Å². The first-order valence-electron chi connectivity index (χ1n) is 7.53. The van der Waals surface area contributed by atoms with E-state index in [4.69, 9.17) is 0 Å². The molecular formula is C19H15BrN2O3. The molecule has 0 heterocycles. The smallest absolute Gasteiger partial charge is 0.273 e. The van der Waals surface area contributed by atoms with Crippen molar-refractivity contribution in [1.29, 1.82) is 5.26 Å². The zero-order chi connectivity index (χ0) is 18.4. The average Bonchev–Trinajstić information content (AvgIpc) is 2.60. The van der Waals surface area contributed by atoms with E-state index < -0.39 is 10.8 Å².